The molecule has 1 unspecified atom stereocenters. The molecule has 4 bridgehead atoms. The number of carbonyl (C=O) groups excluding carboxylic acids is 3. The minimum Gasteiger partial charge on any atom is -0.330 e. The summed E-state index contributed by atoms with van der Waals surface area (Å²) < 4.78 is 13.3. The van der Waals surface area contributed by atoms with Gasteiger partial charge in [-0.25, -0.2) is 9.29 Å². The van der Waals surface area contributed by atoms with Gasteiger partial charge in [-0.1, -0.05) is 0 Å². The van der Waals surface area contributed by atoms with Crippen LogP contribution in [0.4, 0.5) is 10.1 Å². The molecule has 4 saturated carbocycles. The Hall–Kier alpha value is -2.24. The highest BCUT2D eigenvalue weighted by Crippen LogP contribution is 2.60. The Morgan fingerprint density at radius 3 is 2.14 bits per heavy atom. The second-order valence-corrected chi connectivity index (χ2v) is 9.83. The summed E-state index contributed by atoms with van der Waals surface area (Å²) in [7, 11) is 0. The summed E-state index contributed by atoms with van der Waals surface area (Å²) in [4.78, 5) is 41.2. The average Bonchev–Trinajstić information content (AvgIpc) is 2.93. The Morgan fingerprint density at radius 2 is 1.62 bits per heavy atom. The van der Waals surface area contributed by atoms with E-state index < -0.39 is 11.9 Å². The molecule has 1 aromatic carbocycles. The number of benzene rings is 1. The molecule has 6 rings (SSSR count). The lowest BCUT2D eigenvalue weighted by atomic mass is 9.49. The van der Waals surface area contributed by atoms with Crippen LogP contribution in [0.25, 0.3) is 0 Å². The highest BCUT2D eigenvalue weighted by atomic mass is 19.1. The second-order valence-electron chi connectivity index (χ2n) is 9.83. The molecule has 29 heavy (non-hydrogen) atoms. The molecular weight excluding hydrogens is 371 g/mol. The van der Waals surface area contributed by atoms with Gasteiger partial charge in [0.1, 0.15) is 11.9 Å². The van der Waals surface area contributed by atoms with Crippen LogP contribution in [0.15, 0.2) is 24.3 Å². The number of nitrogens with zero attached hydrogens (tertiary/aromatic N) is 2. The molecule has 0 spiro atoms. The average molecular weight is 398 g/mol. The number of hydrogen-bond acceptors (Lipinski definition) is 3. The summed E-state index contributed by atoms with van der Waals surface area (Å²) in [5.74, 6) is 0.999. The predicted molar refractivity (Wildman–Crippen MR) is 105 cm³/mol. The van der Waals surface area contributed by atoms with Crippen LogP contribution < -0.4 is 4.90 Å². The van der Waals surface area contributed by atoms with E-state index in [0.717, 1.165) is 41.9 Å². The van der Waals surface area contributed by atoms with Crippen molar-refractivity contribution in [2.45, 2.75) is 57.9 Å². The molecule has 0 radical (unpaired) electrons. The van der Waals surface area contributed by atoms with E-state index in [4.69, 9.17) is 0 Å². The van der Waals surface area contributed by atoms with Gasteiger partial charge < -0.3 is 4.90 Å². The van der Waals surface area contributed by atoms with Gasteiger partial charge in [-0.3, -0.25) is 14.4 Å². The van der Waals surface area contributed by atoms with Crippen molar-refractivity contribution in [1.82, 2.24) is 4.90 Å². The third-order valence-electron chi connectivity index (χ3n) is 7.66. The lowest BCUT2D eigenvalue weighted by Gasteiger charge is -2.58. The van der Waals surface area contributed by atoms with E-state index in [1.807, 2.05) is 0 Å². The van der Waals surface area contributed by atoms with Crippen molar-refractivity contribution in [1.29, 1.82) is 0 Å². The van der Waals surface area contributed by atoms with Gasteiger partial charge >= 0.3 is 0 Å². The van der Waals surface area contributed by atoms with Crippen LogP contribution in [0.1, 0.15) is 51.9 Å². The molecule has 5 fully saturated rings. The van der Waals surface area contributed by atoms with Gasteiger partial charge in [0.15, 0.2) is 0 Å². The molecule has 154 valence electrons. The van der Waals surface area contributed by atoms with Crippen LogP contribution in [-0.2, 0) is 14.4 Å². The van der Waals surface area contributed by atoms with E-state index in [1.54, 1.807) is 4.90 Å². The number of carbonyl (C=O) groups is 3. The molecule has 1 saturated heterocycles. The Labute approximate surface area is 170 Å². The maximum absolute atomic E-state index is 13.3. The maximum atomic E-state index is 13.3. The molecular formula is C23H27FN2O3. The molecule has 1 atom stereocenters. The minimum absolute atomic E-state index is 0.00214. The van der Waals surface area contributed by atoms with Crippen molar-refractivity contribution >= 4 is 23.4 Å². The molecule has 4 aliphatic carbocycles. The first-order valence-corrected chi connectivity index (χ1v) is 10.7. The zero-order valence-corrected chi connectivity index (χ0v) is 16.8. The van der Waals surface area contributed by atoms with Crippen LogP contribution in [0.3, 0.4) is 0 Å². The Kier molecular flexibility index (Phi) is 4.30. The van der Waals surface area contributed by atoms with Crippen LogP contribution in [0, 0.1) is 29.0 Å². The first-order chi connectivity index (χ1) is 13.8. The van der Waals surface area contributed by atoms with Crippen LogP contribution in [0.5, 0.6) is 0 Å². The number of imide groups is 1. The largest absolute Gasteiger partial charge is 0.330 e. The Bertz CT molecular complexity index is 830. The van der Waals surface area contributed by atoms with Gasteiger partial charge in [-0.05, 0) is 86.0 Å². The topological polar surface area (TPSA) is 57.7 Å². The van der Waals surface area contributed by atoms with E-state index in [-0.39, 0.29) is 29.6 Å². The number of rotatable bonds is 4. The van der Waals surface area contributed by atoms with Gasteiger partial charge in [0.2, 0.25) is 11.8 Å². The summed E-state index contributed by atoms with van der Waals surface area (Å²) in [6.07, 6.45) is 7.37. The molecule has 5 aliphatic rings. The van der Waals surface area contributed by atoms with Crippen molar-refractivity contribution in [3.63, 3.8) is 0 Å². The highest BCUT2D eigenvalue weighted by molar-refractivity contribution is 6.22. The molecule has 1 aromatic rings. The van der Waals surface area contributed by atoms with Crippen molar-refractivity contribution in [3.8, 4) is 0 Å². The van der Waals surface area contributed by atoms with Crippen molar-refractivity contribution in [2.75, 3.05) is 11.4 Å². The van der Waals surface area contributed by atoms with E-state index in [9.17, 15) is 18.8 Å². The SMILES string of the molecule is CC(=O)N(CC12CC3CC(CC(C3)C1)C2)C1CC(=O)N(c2ccc(F)cc2)C1=O. The van der Waals surface area contributed by atoms with Gasteiger partial charge in [0.25, 0.3) is 5.91 Å². The minimum atomic E-state index is -0.752. The summed E-state index contributed by atoms with van der Waals surface area (Å²) in [6, 6.07) is 4.59. The van der Waals surface area contributed by atoms with E-state index >= 15 is 0 Å². The normalized spacial score (nSPS) is 35.4. The van der Waals surface area contributed by atoms with E-state index in [2.05, 4.69) is 0 Å². The lowest BCUT2D eigenvalue weighted by Crippen LogP contribution is -2.55. The quantitative estimate of drug-likeness (QED) is 0.729. The Balaban J connectivity index is 1.39. The third kappa shape index (κ3) is 3.17. The van der Waals surface area contributed by atoms with Gasteiger partial charge in [0, 0.05) is 13.5 Å². The highest BCUT2D eigenvalue weighted by Gasteiger charge is 2.53. The molecule has 0 aromatic heterocycles. The molecule has 5 nitrogen and oxygen atoms in total. The Morgan fingerprint density at radius 1 is 1.07 bits per heavy atom. The molecule has 0 N–H and O–H groups in total. The van der Waals surface area contributed by atoms with Crippen LogP contribution >= 0.6 is 0 Å². The number of hydrogen-bond donors (Lipinski definition) is 0. The van der Waals surface area contributed by atoms with Crippen LogP contribution in [0.2, 0.25) is 0 Å². The van der Waals surface area contributed by atoms with Crippen LogP contribution in [-0.4, -0.2) is 35.2 Å². The van der Waals surface area contributed by atoms with Gasteiger partial charge in [-0.2, -0.15) is 0 Å². The van der Waals surface area contributed by atoms with Gasteiger partial charge in [0.05, 0.1) is 12.1 Å². The zero-order valence-electron chi connectivity index (χ0n) is 16.8. The predicted octanol–water partition coefficient (Wildman–Crippen LogP) is 3.52. The van der Waals surface area contributed by atoms with E-state index in [0.29, 0.717) is 12.2 Å². The fourth-order valence-electron chi connectivity index (χ4n) is 7.01. The molecule has 1 aliphatic heterocycles. The van der Waals surface area contributed by atoms with Gasteiger partial charge in [-0.15, -0.1) is 0 Å². The number of anilines is 1. The summed E-state index contributed by atoms with van der Waals surface area (Å²) in [5, 5.41) is 0. The first kappa shape index (κ1) is 18.8. The second kappa shape index (κ2) is 6.64. The molecule has 6 heteroatoms. The first-order valence-electron chi connectivity index (χ1n) is 10.7. The van der Waals surface area contributed by atoms with Crippen molar-refractivity contribution in [2.24, 2.45) is 23.2 Å². The van der Waals surface area contributed by atoms with E-state index in [1.165, 1.54) is 50.5 Å². The maximum Gasteiger partial charge on any atom is 0.257 e. The monoisotopic (exact) mass is 398 g/mol. The summed E-state index contributed by atoms with van der Waals surface area (Å²) >= 11 is 0. The standard InChI is InChI=1S/C23H27FN2O3/c1-14(27)25(13-23-10-15-6-16(11-23)8-17(7-15)12-23)20-9-21(28)26(22(20)29)19-4-2-18(24)3-5-19/h2-5,15-17,20H,6-13H2,1H3. The smallest absolute Gasteiger partial charge is 0.257 e. The third-order valence-corrected chi connectivity index (χ3v) is 7.66. The summed E-state index contributed by atoms with van der Waals surface area (Å²) in [6.45, 7) is 2.07. The molecule has 3 amide bonds. The number of amides is 3. The van der Waals surface area contributed by atoms with Crippen molar-refractivity contribution in [3.05, 3.63) is 30.1 Å². The zero-order chi connectivity index (χ0) is 20.3. The fraction of sp³-hybridized carbons (Fsp3) is 0.609. The van der Waals surface area contributed by atoms with Crippen molar-refractivity contribution < 1.29 is 18.8 Å². The number of halogens is 1. The lowest BCUT2D eigenvalue weighted by molar-refractivity contribution is -0.143. The fourth-order valence-corrected chi connectivity index (χ4v) is 7.01. The summed E-state index contributed by atoms with van der Waals surface area (Å²) in [5.41, 5.74) is 0.467. The molecule has 1 heterocycles.